The molecule has 0 fully saturated rings. The van der Waals surface area contributed by atoms with Crippen LogP contribution in [-0.4, -0.2) is 26.7 Å². The summed E-state index contributed by atoms with van der Waals surface area (Å²) in [6, 6.07) is 5.76. The van der Waals surface area contributed by atoms with Gasteiger partial charge >= 0.3 is 0 Å². The predicted octanol–water partition coefficient (Wildman–Crippen LogP) is 3.32. The van der Waals surface area contributed by atoms with E-state index in [1.807, 2.05) is 18.2 Å². The van der Waals surface area contributed by atoms with Gasteiger partial charge in [0.1, 0.15) is 0 Å². The lowest BCUT2D eigenvalue weighted by Crippen LogP contribution is -2.40. The molecule has 1 aromatic rings. The van der Waals surface area contributed by atoms with Crippen LogP contribution in [0, 0.1) is 5.41 Å². The van der Waals surface area contributed by atoms with Crippen molar-refractivity contribution >= 4 is 5.96 Å². The molecule has 0 saturated heterocycles. The van der Waals surface area contributed by atoms with Gasteiger partial charge in [-0.2, -0.15) is 0 Å². The molecule has 0 aliphatic heterocycles. The standard InChI is InChI=1S/C18H31N3O2/c1-6-18(7-2,8-3)13-21-17(19)20-12-14-9-10-15(22-4)16(11-14)23-5/h9-11H,6-8,12-13H2,1-5H3,(H3,19,20,21). The molecule has 3 N–H and O–H groups in total. The molecule has 0 aliphatic carbocycles. The van der Waals surface area contributed by atoms with Gasteiger partial charge in [0.25, 0.3) is 0 Å². The quantitative estimate of drug-likeness (QED) is 0.541. The van der Waals surface area contributed by atoms with Gasteiger partial charge in [0.2, 0.25) is 0 Å². The van der Waals surface area contributed by atoms with Gasteiger partial charge < -0.3 is 20.5 Å². The lowest BCUT2D eigenvalue weighted by atomic mass is 9.80. The van der Waals surface area contributed by atoms with Gasteiger partial charge in [-0.15, -0.1) is 0 Å². The summed E-state index contributed by atoms with van der Waals surface area (Å²) in [4.78, 5) is 4.42. The van der Waals surface area contributed by atoms with E-state index >= 15 is 0 Å². The minimum atomic E-state index is 0.295. The topological polar surface area (TPSA) is 68.9 Å². The van der Waals surface area contributed by atoms with Crippen LogP contribution in [0.3, 0.4) is 0 Å². The molecule has 0 unspecified atom stereocenters. The van der Waals surface area contributed by atoms with Gasteiger partial charge in [0.15, 0.2) is 17.5 Å². The van der Waals surface area contributed by atoms with E-state index in [0.717, 1.165) is 31.4 Å². The Hall–Kier alpha value is -1.91. The highest BCUT2D eigenvalue weighted by Gasteiger charge is 2.23. The maximum absolute atomic E-state index is 6.00. The highest BCUT2D eigenvalue weighted by molar-refractivity contribution is 5.77. The van der Waals surface area contributed by atoms with Crippen LogP contribution in [0.25, 0.3) is 0 Å². The molecule has 5 nitrogen and oxygen atoms in total. The number of hydrogen-bond donors (Lipinski definition) is 2. The molecule has 0 radical (unpaired) electrons. The van der Waals surface area contributed by atoms with Gasteiger partial charge in [-0.1, -0.05) is 26.8 Å². The lowest BCUT2D eigenvalue weighted by Gasteiger charge is -2.30. The Morgan fingerprint density at radius 2 is 1.70 bits per heavy atom. The molecule has 130 valence electrons. The lowest BCUT2D eigenvalue weighted by molar-refractivity contribution is 0.251. The van der Waals surface area contributed by atoms with Crippen molar-refractivity contribution in [3.05, 3.63) is 23.8 Å². The van der Waals surface area contributed by atoms with Gasteiger partial charge in [-0.05, 0) is 42.4 Å². The van der Waals surface area contributed by atoms with Crippen molar-refractivity contribution in [2.45, 2.75) is 46.6 Å². The summed E-state index contributed by atoms with van der Waals surface area (Å²) < 4.78 is 10.5. The van der Waals surface area contributed by atoms with Crippen LogP contribution in [0.1, 0.15) is 45.6 Å². The Morgan fingerprint density at radius 1 is 1.09 bits per heavy atom. The summed E-state index contributed by atoms with van der Waals surface area (Å²) in [6.45, 7) is 8.05. The van der Waals surface area contributed by atoms with Gasteiger partial charge in [0.05, 0.1) is 20.8 Å². The summed E-state index contributed by atoms with van der Waals surface area (Å²) in [5.74, 6) is 1.90. The van der Waals surface area contributed by atoms with E-state index in [0.29, 0.717) is 29.4 Å². The average Bonchev–Trinajstić information content (AvgIpc) is 2.61. The van der Waals surface area contributed by atoms with Gasteiger partial charge in [-0.25, -0.2) is 4.99 Å². The van der Waals surface area contributed by atoms with Crippen molar-refractivity contribution in [1.29, 1.82) is 0 Å². The largest absolute Gasteiger partial charge is 0.493 e. The minimum Gasteiger partial charge on any atom is -0.493 e. The minimum absolute atomic E-state index is 0.295. The summed E-state index contributed by atoms with van der Waals surface area (Å²) >= 11 is 0. The Bertz CT molecular complexity index is 503. The van der Waals surface area contributed by atoms with Crippen molar-refractivity contribution in [1.82, 2.24) is 5.32 Å². The Balaban J connectivity index is 2.66. The molecule has 23 heavy (non-hydrogen) atoms. The fourth-order valence-corrected chi connectivity index (χ4v) is 2.61. The van der Waals surface area contributed by atoms with E-state index in [2.05, 4.69) is 31.1 Å². The molecule has 5 heteroatoms. The van der Waals surface area contributed by atoms with Crippen molar-refractivity contribution < 1.29 is 9.47 Å². The van der Waals surface area contributed by atoms with Gasteiger partial charge in [0, 0.05) is 6.54 Å². The van der Waals surface area contributed by atoms with E-state index in [1.54, 1.807) is 14.2 Å². The first kappa shape index (κ1) is 19.1. The molecule has 0 atom stereocenters. The van der Waals surface area contributed by atoms with E-state index in [1.165, 1.54) is 0 Å². The van der Waals surface area contributed by atoms with E-state index in [9.17, 15) is 0 Å². The summed E-state index contributed by atoms with van der Waals surface area (Å²) in [7, 11) is 3.25. The third kappa shape index (κ3) is 5.34. The van der Waals surface area contributed by atoms with Crippen molar-refractivity contribution in [3.8, 4) is 11.5 Å². The first-order valence-electron chi connectivity index (χ1n) is 8.28. The first-order valence-corrected chi connectivity index (χ1v) is 8.28. The molecule has 0 saturated carbocycles. The summed E-state index contributed by atoms with van der Waals surface area (Å²) in [6.07, 6.45) is 3.40. The number of ether oxygens (including phenoxy) is 2. The summed E-state index contributed by atoms with van der Waals surface area (Å²) in [5, 5.41) is 3.27. The summed E-state index contributed by atoms with van der Waals surface area (Å²) in [5.41, 5.74) is 7.33. The van der Waals surface area contributed by atoms with Crippen LogP contribution in [-0.2, 0) is 6.54 Å². The molecular weight excluding hydrogens is 290 g/mol. The number of nitrogens with zero attached hydrogens (tertiary/aromatic N) is 1. The third-order valence-corrected chi connectivity index (χ3v) is 4.77. The second-order valence-corrected chi connectivity index (χ2v) is 5.81. The molecule has 0 aliphatic rings. The van der Waals surface area contributed by atoms with Crippen molar-refractivity contribution in [3.63, 3.8) is 0 Å². The molecule has 0 aromatic heterocycles. The van der Waals surface area contributed by atoms with E-state index in [-0.39, 0.29) is 0 Å². The highest BCUT2D eigenvalue weighted by Crippen LogP contribution is 2.29. The van der Waals surface area contributed by atoms with Crippen LogP contribution in [0.2, 0.25) is 0 Å². The normalized spacial score (nSPS) is 12.1. The monoisotopic (exact) mass is 321 g/mol. The fraction of sp³-hybridized carbons (Fsp3) is 0.611. The number of rotatable bonds is 9. The van der Waals surface area contributed by atoms with Crippen molar-refractivity contribution in [2.24, 2.45) is 16.1 Å². The van der Waals surface area contributed by atoms with Crippen LogP contribution in [0.4, 0.5) is 0 Å². The smallest absolute Gasteiger partial charge is 0.188 e. The molecule has 0 heterocycles. The zero-order valence-corrected chi connectivity index (χ0v) is 15.1. The Labute approximate surface area is 140 Å². The first-order chi connectivity index (χ1) is 11.0. The van der Waals surface area contributed by atoms with Crippen molar-refractivity contribution in [2.75, 3.05) is 20.8 Å². The highest BCUT2D eigenvalue weighted by atomic mass is 16.5. The Morgan fingerprint density at radius 3 is 2.22 bits per heavy atom. The maximum Gasteiger partial charge on any atom is 0.188 e. The van der Waals surface area contributed by atoms with E-state index < -0.39 is 0 Å². The second kappa shape index (κ2) is 9.28. The Kier molecular flexibility index (Phi) is 7.72. The average molecular weight is 321 g/mol. The number of benzene rings is 1. The zero-order chi connectivity index (χ0) is 17.3. The molecule has 0 spiro atoms. The zero-order valence-electron chi connectivity index (χ0n) is 15.1. The van der Waals surface area contributed by atoms with Crippen LogP contribution >= 0.6 is 0 Å². The second-order valence-electron chi connectivity index (χ2n) is 5.81. The maximum atomic E-state index is 6.00. The van der Waals surface area contributed by atoms with Crippen LogP contribution < -0.4 is 20.5 Å². The predicted molar refractivity (Wildman–Crippen MR) is 96.2 cm³/mol. The third-order valence-electron chi connectivity index (χ3n) is 4.77. The molecule has 0 bridgehead atoms. The molecule has 1 aromatic carbocycles. The number of nitrogens with one attached hydrogen (secondary N) is 1. The van der Waals surface area contributed by atoms with E-state index in [4.69, 9.17) is 15.2 Å². The number of hydrogen-bond acceptors (Lipinski definition) is 3. The van der Waals surface area contributed by atoms with Crippen LogP contribution in [0.15, 0.2) is 23.2 Å². The molecule has 0 amide bonds. The number of guanidine groups is 1. The molecule has 1 rings (SSSR count). The SMILES string of the molecule is CCC(CC)(CC)CNC(N)=NCc1ccc(OC)c(OC)c1. The van der Waals surface area contributed by atoms with Gasteiger partial charge in [-0.3, -0.25) is 0 Å². The number of aliphatic imine (C=N–C) groups is 1. The number of nitrogens with two attached hydrogens (primary N) is 1. The number of methoxy groups -OCH3 is 2. The molecular formula is C18H31N3O2. The van der Waals surface area contributed by atoms with Crippen LogP contribution in [0.5, 0.6) is 11.5 Å². The fourth-order valence-electron chi connectivity index (χ4n) is 2.61.